The summed E-state index contributed by atoms with van der Waals surface area (Å²) >= 11 is 0. The molecule has 2 aromatic heterocycles. The van der Waals surface area contributed by atoms with Gasteiger partial charge < -0.3 is 5.73 Å². The number of rotatable bonds is 4. The van der Waals surface area contributed by atoms with Crippen LogP contribution in [0.3, 0.4) is 0 Å². The fourth-order valence-electron chi connectivity index (χ4n) is 1.87. The summed E-state index contributed by atoms with van der Waals surface area (Å²) in [5, 5.41) is 0. The van der Waals surface area contributed by atoms with Gasteiger partial charge in [-0.25, -0.2) is 9.97 Å². The molecule has 2 aromatic rings. The zero-order chi connectivity index (χ0) is 14.4. The van der Waals surface area contributed by atoms with Crippen molar-refractivity contribution in [1.82, 2.24) is 15.0 Å². The first-order valence-corrected chi connectivity index (χ1v) is 6.55. The number of nitrogens with zero attached hydrogens (tertiary/aromatic N) is 3. The van der Waals surface area contributed by atoms with Gasteiger partial charge >= 0.3 is 0 Å². The number of nitrogens with two attached hydrogens (primary N) is 1. The third kappa shape index (κ3) is 3.29. The molecule has 2 heterocycles. The van der Waals surface area contributed by atoms with E-state index >= 15 is 0 Å². The highest BCUT2D eigenvalue weighted by molar-refractivity contribution is 5.53. The third-order valence-corrected chi connectivity index (χ3v) is 2.94. The minimum absolute atomic E-state index is 0.504. The van der Waals surface area contributed by atoms with Crippen molar-refractivity contribution < 1.29 is 0 Å². The molecule has 0 bridgehead atoms. The zero-order valence-corrected chi connectivity index (χ0v) is 11.7. The smallest absolute Gasteiger partial charge is 0.180 e. The molecule has 0 aromatic carbocycles. The summed E-state index contributed by atoms with van der Waals surface area (Å²) in [6.07, 6.45) is 10.4. The second-order valence-corrected chi connectivity index (χ2v) is 4.36. The summed E-state index contributed by atoms with van der Waals surface area (Å²) in [7, 11) is 0. The molecule has 4 nitrogen and oxygen atoms in total. The average Bonchev–Trinajstić information content (AvgIpc) is 2.49. The number of nitrogen functional groups attached to an aromatic ring is 1. The summed E-state index contributed by atoms with van der Waals surface area (Å²) in [6, 6.07) is 5.63. The van der Waals surface area contributed by atoms with Gasteiger partial charge in [0.05, 0.1) is 0 Å². The molecule has 102 valence electrons. The Bertz CT molecular complexity index is 630. The van der Waals surface area contributed by atoms with E-state index in [1.807, 2.05) is 38.1 Å². The van der Waals surface area contributed by atoms with E-state index in [2.05, 4.69) is 27.1 Å². The zero-order valence-electron chi connectivity index (χ0n) is 11.7. The van der Waals surface area contributed by atoms with Crippen LogP contribution in [0, 0.1) is 0 Å². The molecule has 0 fully saturated rings. The molecule has 0 saturated carbocycles. The van der Waals surface area contributed by atoms with Gasteiger partial charge in [0.2, 0.25) is 0 Å². The van der Waals surface area contributed by atoms with E-state index < -0.39 is 0 Å². The molecular formula is C16H18N4. The van der Waals surface area contributed by atoms with E-state index in [9.17, 15) is 0 Å². The lowest BCUT2D eigenvalue weighted by Gasteiger charge is -2.07. The lowest BCUT2D eigenvalue weighted by molar-refractivity contribution is 1.07. The molecule has 0 aliphatic rings. The SMILES string of the molecule is C/C=C\C(=C/C)Cc1cnc(-c2ccccn2)nc1N. The van der Waals surface area contributed by atoms with E-state index in [1.54, 1.807) is 12.4 Å². The van der Waals surface area contributed by atoms with Gasteiger partial charge in [0.1, 0.15) is 11.5 Å². The predicted octanol–water partition coefficient (Wildman–Crippen LogP) is 3.19. The number of allylic oxidation sites excluding steroid dienone is 4. The maximum absolute atomic E-state index is 6.03. The summed E-state index contributed by atoms with van der Waals surface area (Å²) in [4.78, 5) is 12.9. The highest BCUT2D eigenvalue weighted by Crippen LogP contribution is 2.18. The normalized spacial score (nSPS) is 12.0. The van der Waals surface area contributed by atoms with Gasteiger partial charge in [-0.1, -0.05) is 24.3 Å². The van der Waals surface area contributed by atoms with Gasteiger partial charge in [0.25, 0.3) is 0 Å². The number of hydrogen-bond donors (Lipinski definition) is 1. The van der Waals surface area contributed by atoms with Gasteiger partial charge in [-0.15, -0.1) is 0 Å². The van der Waals surface area contributed by atoms with Crippen molar-refractivity contribution in [2.45, 2.75) is 20.3 Å². The molecule has 0 aliphatic carbocycles. The van der Waals surface area contributed by atoms with Crippen LogP contribution in [0.25, 0.3) is 11.5 Å². The van der Waals surface area contributed by atoms with Crippen molar-refractivity contribution in [3.05, 3.63) is 60.0 Å². The van der Waals surface area contributed by atoms with Crippen molar-refractivity contribution in [2.24, 2.45) is 0 Å². The fourth-order valence-corrected chi connectivity index (χ4v) is 1.87. The Labute approximate surface area is 119 Å². The lowest BCUT2D eigenvalue weighted by atomic mass is 10.1. The Kier molecular flexibility index (Phi) is 4.60. The summed E-state index contributed by atoms with van der Waals surface area (Å²) in [5.41, 5.74) is 8.87. The topological polar surface area (TPSA) is 64.7 Å². The first-order chi connectivity index (χ1) is 9.74. The molecule has 2 N–H and O–H groups in total. The molecule has 20 heavy (non-hydrogen) atoms. The molecule has 4 heteroatoms. The van der Waals surface area contributed by atoms with Crippen molar-refractivity contribution in [1.29, 1.82) is 0 Å². The minimum atomic E-state index is 0.504. The molecule has 2 rings (SSSR count). The van der Waals surface area contributed by atoms with Crippen LogP contribution in [0.5, 0.6) is 0 Å². The Morgan fingerprint density at radius 3 is 2.70 bits per heavy atom. The van der Waals surface area contributed by atoms with Crippen LogP contribution in [0.15, 0.2) is 54.4 Å². The van der Waals surface area contributed by atoms with Crippen molar-refractivity contribution in [2.75, 3.05) is 5.73 Å². The van der Waals surface area contributed by atoms with Crippen LogP contribution in [0.4, 0.5) is 5.82 Å². The largest absolute Gasteiger partial charge is 0.383 e. The number of hydrogen-bond acceptors (Lipinski definition) is 4. The minimum Gasteiger partial charge on any atom is -0.383 e. The molecule has 0 amide bonds. The molecule has 0 unspecified atom stereocenters. The lowest BCUT2D eigenvalue weighted by Crippen LogP contribution is -2.03. The van der Waals surface area contributed by atoms with Crippen LogP contribution in [0.2, 0.25) is 0 Å². The van der Waals surface area contributed by atoms with E-state index in [-0.39, 0.29) is 0 Å². The van der Waals surface area contributed by atoms with Crippen molar-refractivity contribution >= 4 is 5.82 Å². The van der Waals surface area contributed by atoms with E-state index in [1.165, 1.54) is 5.57 Å². The standard InChI is InChI=1S/C16H18N4/c1-3-7-12(4-2)10-13-11-19-16(20-15(13)17)14-8-5-6-9-18-14/h3-9,11H,10H2,1-2H3,(H2,17,19,20)/b7-3-,12-4+. The second kappa shape index (κ2) is 6.61. The van der Waals surface area contributed by atoms with Crippen LogP contribution in [-0.4, -0.2) is 15.0 Å². The Morgan fingerprint density at radius 2 is 2.10 bits per heavy atom. The third-order valence-electron chi connectivity index (χ3n) is 2.94. The summed E-state index contributed by atoms with van der Waals surface area (Å²) < 4.78 is 0. The monoisotopic (exact) mass is 266 g/mol. The number of pyridine rings is 1. The van der Waals surface area contributed by atoms with Gasteiger partial charge in [0.15, 0.2) is 5.82 Å². The van der Waals surface area contributed by atoms with Crippen LogP contribution in [0.1, 0.15) is 19.4 Å². The Hall–Kier alpha value is -2.49. The van der Waals surface area contributed by atoms with E-state index in [4.69, 9.17) is 5.73 Å². The van der Waals surface area contributed by atoms with Gasteiger partial charge in [-0.3, -0.25) is 4.98 Å². The Morgan fingerprint density at radius 1 is 1.25 bits per heavy atom. The summed E-state index contributed by atoms with van der Waals surface area (Å²) in [6.45, 7) is 4.00. The van der Waals surface area contributed by atoms with Gasteiger partial charge in [-0.05, 0) is 31.6 Å². The average molecular weight is 266 g/mol. The van der Waals surface area contributed by atoms with Gasteiger partial charge in [-0.2, -0.15) is 0 Å². The van der Waals surface area contributed by atoms with Crippen molar-refractivity contribution in [3.8, 4) is 11.5 Å². The molecule has 0 aliphatic heterocycles. The van der Waals surface area contributed by atoms with Crippen LogP contribution >= 0.6 is 0 Å². The second-order valence-electron chi connectivity index (χ2n) is 4.36. The van der Waals surface area contributed by atoms with E-state index in [0.717, 1.165) is 17.7 Å². The van der Waals surface area contributed by atoms with Gasteiger partial charge in [0, 0.05) is 24.4 Å². The van der Waals surface area contributed by atoms with Crippen LogP contribution < -0.4 is 5.73 Å². The number of aromatic nitrogens is 3. The highest BCUT2D eigenvalue weighted by atomic mass is 15.0. The quantitative estimate of drug-likeness (QED) is 0.863. The fraction of sp³-hybridized carbons (Fsp3) is 0.188. The molecule has 0 saturated heterocycles. The van der Waals surface area contributed by atoms with Crippen LogP contribution in [-0.2, 0) is 6.42 Å². The molecular weight excluding hydrogens is 248 g/mol. The predicted molar refractivity (Wildman–Crippen MR) is 82.0 cm³/mol. The summed E-state index contributed by atoms with van der Waals surface area (Å²) in [5.74, 6) is 1.06. The molecule has 0 spiro atoms. The Balaban J connectivity index is 2.27. The molecule has 0 radical (unpaired) electrons. The first kappa shape index (κ1) is 13.9. The first-order valence-electron chi connectivity index (χ1n) is 6.55. The highest BCUT2D eigenvalue weighted by Gasteiger charge is 2.07. The maximum atomic E-state index is 6.03. The number of anilines is 1. The van der Waals surface area contributed by atoms with E-state index in [0.29, 0.717) is 11.6 Å². The molecule has 0 atom stereocenters. The van der Waals surface area contributed by atoms with Crippen molar-refractivity contribution in [3.63, 3.8) is 0 Å². The maximum Gasteiger partial charge on any atom is 0.180 e.